The highest BCUT2D eigenvalue weighted by atomic mass is 16.2. The Morgan fingerprint density at radius 1 is 0.848 bits per heavy atom. The van der Waals surface area contributed by atoms with Crippen LogP contribution < -0.4 is 14.7 Å². The lowest BCUT2D eigenvalue weighted by Gasteiger charge is -2.27. The highest BCUT2D eigenvalue weighted by Crippen LogP contribution is 2.36. The van der Waals surface area contributed by atoms with Gasteiger partial charge in [-0.15, -0.1) is 0 Å². The molecule has 0 spiro atoms. The Hall–Kier alpha value is -3.60. The highest BCUT2D eigenvalue weighted by Gasteiger charge is 2.30. The van der Waals surface area contributed by atoms with E-state index in [0.29, 0.717) is 24.6 Å². The first kappa shape index (κ1) is 21.3. The molecule has 0 saturated heterocycles. The molecule has 0 aliphatic carbocycles. The molecule has 0 radical (unpaired) electrons. The average Bonchev–Trinajstić information content (AvgIpc) is 3.20. The molecule has 0 saturated carbocycles. The topological polar surface area (TPSA) is 43.9 Å². The second-order valence-corrected chi connectivity index (χ2v) is 9.14. The van der Waals surface area contributed by atoms with Crippen molar-refractivity contribution >= 4 is 28.9 Å². The second kappa shape index (κ2) is 8.74. The maximum Gasteiger partial charge on any atom is 0.258 e. The summed E-state index contributed by atoms with van der Waals surface area (Å²) in [7, 11) is 0. The minimum atomic E-state index is 0.0138. The molecule has 5 rings (SSSR count). The van der Waals surface area contributed by atoms with Crippen molar-refractivity contribution in [2.24, 2.45) is 5.92 Å². The zero-order valence-corrected chi connectivity index (χ0v) is 19.2. The largest absolute Gasteiger partial charge is 0.365 e. The third-order valence-electron chi connectivity index (χ3n) is 6.60. The van der Waals surface area contributed by atoms with Gasteiger partial charge < -0.3 is 14.7 Å². The number of amides is 2. The molecule has 0 bridgehead atoms. The van der Waals surface area contributed by atoms with Gasteiger partial charge in [0.15, 0.2) is 0 Å². The van der Waals surface area contributed by atoms with Crippen LogP contribution in [-0.4, -0.2) is 31.4 Å². The SMILES string of the molecule is CC(=O)N1CCc2cc(C(=O)N3CC(C)CN(Cc4ccccc4)c4ccccc43)ccc21. The minimum absolute atomic E-state index is 0.0138. The molecule has 1 unspecified atom stereocenters. The van der Waals surface area contributed by atoms with Gasteiger partial charge in [-0.25, -0.2) is 0 Å². The summed E-state index contributed by atoms with van der Waals surface area (Å²) in [6.07, 6.45) is 0.786. The van der Waals surface area contributed by atoms with Crippen LogP contribution in [0.2, 0.25) is 0 Å². The van der Waals surface area contributed by atoms with Crippen molar-refractivity contribution in [2.45, 2.75) is 26.8 Å². The van der Waals surface area contributed by atoms with Crippen molar-refractivity contribution in [2.75, 3.05) is 34.3 Å². The summed E-state index contributed by atoms with van der Waals surface area (Å²) >= 11 is 0. The Bertz CT molecular complexity index is 1190. The molecule has 3 aromatic carbocycles. The van der Waals surface area contributed by atoms with Gasteiger partial charge in [0.05, 0.1) is 11.4 Å². The first-order chi connectivity index (χ1) is 16.0. The fourth-order valence-electron chi connectivity index (χ4n) is 5.07. The summed E-state index contributed by atoms with van der Waals surface area (Å²) in [5.41, 5.74) is 5.97. The molecule has 5 nitrogen and oxygen atoms in total. The molecule has 1 atom stereocenters. The second-order valence-electron chi connectivity index (χ2n) is 9.14. The van der Waals surface area contributed by atoms with E-state index in [1.54, 1.807) is 11.8 Å². The highest BCUT2D eigenvalue weighted by molar-refractivity contribution is 6.08. The van der Waals surface area contributed by atoms with Crippen LogP contribution in [0.4, 0.5) is 17.1 Å². The van der Waals surface area contributed by atoms with Gasteiger partial charge in [0.2, 0.25) is 5.91 Å². The van der Waals surface area contributed by atoms with E-state index in [4.69, 9.17) is 0 Å². The molecule has 33 heavy (non-hydrogen) atoms. The number of hydrogen-bond acceptors (Lipinski definition) is 3. The number of nitrogens with zero attached hydrogens (tertiary/aromatic N) is 3. The van der Waals surface area contributed by atoms with E-state index in [-0.39, 0.29) is 11.8 Å². The zero-order chi connectivity index (χ0) is 22.9. The molecule has 3 aromatic rings. The number of rotatable bonds is 3. The van der Waals surface area contributed by atoms with E-state index in [2.05, 4.69) is 42.2 Å². The van der Waals surface area contributed by atoms with Gasteiger partial charge in [-0.3, -0.25) is 9.59 Å². The van der Waals surface area contributed by atoms with E-state index in [1.807, 2.05) is 47.4 Å². The number of benzene rings is 3. The number of fused-ring (bicyclic) bond motifs is 2. The molecule has 2 aliphatic rings. The molecular weight excluding hydrogens is 410 g/mol. The molecule has 2 aliphatic heterocycles. The monoisotopic (exact) mass is 439 g/mol. The van der Waals surface area contributed by atoms with Crippen LogP contribution in [0.3, 0.4) is 0 Å². The average molecular weight is 440 g/mol. The standard InChI is InChI=1S/C28H29N3O2/c1-20-17-29(19-22-8-4-3-5-9-22)26-10-6-7-11-27(26)31(18-20)28(33)24-12-13-25-23(16-24)14-15-30(25)21(2)32/h3-13,16,20H,14-15,17-19H2,1-2H3. The van der Waals surface area contributed by atoms with Crippen LogP contribution in [0.5, 0.6) is 0 Å². The summed E-state index contributed by atoms with van der Waals surface area (Å²) < 4.78 is 0. The van der Waals surface area contributed by atoms with E-state index in [0.717, 1.165) is 42.1 Å². The van der Waals surface area contributed by atoms with Crippen molar-refractivity contribution in [3.8, 4) is 0 Å². The molecule has 2 heterocycles. The van der Waals surface area contributed by atoms with E-state index in [9.17, 15) is 9.59 Å². The van der Waals surface area contributed by atoms with E-state index in [1.165, 1.54) is 5.56 Å². The predicted octanol–water partition coefficient (Wildman–Crippen LogP) is 4.90. The zero-order valence-electron chi connectivity index (χ0n) is 19.2. The summed E-state index contributed by atoms with van der Waals surface area (Å²) in [6, 6.07) is 24.4. The van der Waals surface area contributed by atoms with Crippen molar-refractivity contribution in [3.05, 3.63) is 89.5 Å². The fraction of sp³-hybridized carbons (Fsp3) is 0.286. The minimum Gasteiger partial charge on any atom is -0.365 e. The van der Waals surface area contributed by atoms with Gasteiger partial charge in [-0.1, -0.05) is 49.4 Å². The lowest BCUT2D eigenvalue weighted by molar-refractivity contribution is -0.116. The predicted molar refractivity (Wildman–Crippen MR) is 133 cm³/mol. The summed E-state index contributed by atoms with van der Waals surface area (Å²) in [6.45, 7) is 6.83. The van der Waals surface area contributed by atoms with E-state index >= 15 is 0 Å². The van der Waals surface area contributed by atoms with Gasteiger partial charge in [0.1, 0.15) is 0 Å². The fourth-order valence-corrected chi connectivity index (χ4v) is 5.07. The van der Waals surface area contributed by atoms with Crippen LogP contribution in [0.1, 0.15) is 35.3 Å². The number of para-hydroxylation sites is 2. The van der Waals surface area contributed by atoms with Crippen molar-refractivity contribution in [1.29, 1.82) is 0 Å². The van der Waals surface area contributed by atoms with Crippen molar-refractivity contribution in [1.82, 2.24) is 0 Å². The van der Waals surface area contributed by atoms with Crippen molar-refractivity contribution < 1.29 is 9.59 Å². The number of carbonyl (C=O) groups excluding carboxylic acids is 2. The molecule has 168 valence electrons. The molecule has 0 aromatic heterocycles. The Morgan fingerprint density at radius 2 is 1.58 bits per heavy atom. The molecule has 0 fully saturated rings. The van der Waals surface area contributed by atoms with Crippen LogP contribution >= 0.6 is 0 Å². The molecule has 2 amide bonds. The van der Waals surface area contributed by atoms with Crippen LogP contribution in [0.15, 0.2) is 72.8 Å². The van der Waals surface area contributed by atoms with Gasteiger partial charge in [0.25, 0.3) is 5.91 Å². The Balaban J connectivity index is 1.48. The first-order valence-corrected chi connectivity index (χ1v) is 11.6. The Morgan fingerprint density at radius 3 is 2.33 bits per heavy atom. The maximum absolute atomic E-state index is 13.8. The Kier molecular flexibility index (Phi) is 5.63. The quantitative estimate of drug-likeness (QED) is 0.583. The number of carbonyl (C=O) groups is 2. The summed E-state index contributed by atoms with van der Waals surface area (Å²) in [5, 5.41) is 0. The smallest absolute Gasteiger partial charge is 0.258 e. The molecular formula is C28H29N3O2. The first-order valence-electron chi connectivity index (χ1n) is 11.6. The van der Waals surface area contributed by atoms with Gasteiger partial charge >= 0.3 is 0 Å². The van der Waals surface area contributed by atoms with Crippen LogP contribution in [0, 0.1) is 5.92 Å². The lowest BCUT2D eigenvalue weighted by Crippen LogP contribution is -2.35. The maximum atomic E-state index is 13.8. The lowest BCUT2D eigenvalue weighted by atomic mass is 10.1. The number of hydrogen-bond donors (Lipinski definition) is 0. The van der Waals surface area contributed by atoms with E-state index < -0.39 is 0 Å². The van der Waals surface area contributed by atoms with Crippen LogP contribution in [-0.2, 0) is 17.8 Å². The normalized spacial score (nSPS) is 17.4. The van der Waals surface area contributed by atoms with Gasteiger partial charge in [-0.2, -0.15) is 0 Å². The number of anilines is 3. The third kappa shape index (κ3) is 4.11. The van der Waals surface area contributed by atoms with Gasteiger partial charge in [0, 0.05) is 44.4 Å². The third-order valence-corrected chi connectivity index (χ3v) is 6.60. The van der Waals surface area contributed by atoms with Gasteiger partial charge in [-0.05, 0) is 53.8 Å². The van der Waals surface area contributed by atoms with Crippen molar-refractivity contribution in [3.63, 3.8) is 0 Å². The Labute approximate surface area is 195 Å². The molecule has 5 heteroatoms. The summed E-state index contributed by atoms with van der Waals surface area (Å²) in [4.78, 5) is 31.8. The molecule has 0 N–H and O–H groups in total. The van der Waals surface area contributed by atoms with Crippen LogP contribution in [0.25, 0.3) is 0 Å². The summed E-state index contributed by atoms with van der Waals surface area (Å²) in [5.74, 6) is 0.370.